The number of rotatable bonds is 1. The van der Waals surface area contributed by atoms with Crippen LogP contribution in [-0.4, -0.2) is 95.4 Å². The Labute approximate surface area is 228 Å². The largest absolute Gasteiger partial charge is 0.463 e. The second-order valence-electron chi connectivity index (χ2n) is 12.0. The molecule has 216 valence electrons. The second kappa shape index (κ2) is 10.4. The summed E-state index contributed by atoms with van der Waals surface area (Å²) in [5.41, 5.74) is -1.79. The van der Waals surface area contributed by atoms with Crippen molar-refractivity contribution in [2.24, 2.45) is 16.7 Å². The summed E-state index contributed by atoms with van der Waals surface area (Å²) in [6.45, 7) is 7.58. The first-order valence-corrected chi connectivity index (χ1v) is 13.8. The minimum atomic E-state index is -1.40. The maximum atomic E-state index is 13.1. The SMILES string of the molecule is CC1=C[C@H]2O[C@@H]3C[C@H]4OC(=O)/C=C\C=C\[C@H]([C@@H](C)O)OCC[C@@H](C)[C@@H](O)C(=O)OC[C@@]2(C[C@H]1O)[C@]4(C)[C@]31CO1. The molecule has 0 unspecified atom stereocenters. The van der Waals surface area contributed by atoms with Gasteiger partial charge in [-0.15, -0.1) is 0 Å². The Morgan fingerprint density at radius 3 is 2.56 bits per heavy atom. The first-order valence-electron chi connectivity index (χ1n) is 13.8. The fourth-order valence-electron chi connectivity index (χ4n) is 7.05. The summed E-state index contributed by atoms with van der Waals surface area (Å²) in [4.78, 5) is 26.1. The molecular formula is C29H40O10. The van der Waals surface area contributed by atoms with Gasteiger partial charge in [-0.1, -0.05) is 38.2 Å². The van der Waals surface area contributed by atoms with E-state index >= 15 is 0 Å². The van der Waals surface area contributed by atoms with Crippen LogP contribution >= 0.6 is 0 Å². The number of hydrogen-bond acceptors (Lipinski definition) is 10. The normalized spacial score (nSPS) is 49.0. The molecule has 5 rings (SSSR count). The maximum absolute atomic E-state index is 13.1. The van der Waals surface area contributed by atoms with Crippen molar-refractivity contribution < 1.29 is 48.6 Å². The molecule has 3 heterocycles. The molecule has 3 fully saturated rings. The van der Waals surface area contributed by atoms with E-state index in [0.717, 1.165) is 5.57 Å². The van der Waals surface area contributed by atoms with Crippen LogP contribution in [0.25, 0.3) is 0 Å². The molecule has 3 N–H and O–H groups in total. The van der Waals surface area contributed by atoms with Gasteiger partial charge in [0.05, 0.1) is 36.4 Å². The zero-order valence-electron chi connectivity index (χ0n) is 22.9. The fourth-order valence-corrected chi connectivity index (χ4v) is 7.05. The lowest BCUT2D eigenvalue weighted by atomic mass is 9.51. The van der Waals surface area contributed by atoms with Gasteiger partial charge in [0, 0.05) is 24.5 Å². The van der Waals surface area contributed by atoms with Crippen molar-refractivity contribution in [3.8, 4) is 0 Å². The van der Waals surface area contributed by atoms with Crippen molar-refractivity contribution in [3.63, 3.8) is 0 Å². The van der Waals surface area contributed by atoms with Crippen molar-refractivity contribution in [3.05, 3.63) is 36.0 Å². The molecule has 3 aliphatic heterocycles. The van der Waals surface area contributed by atoms with Crippen LogP contribution in [0, 0.1) is 16.7 Å². The van der Waals surface area contributed by atoms with Gasteiger partial charge in [-0.2, -0.15) is 0 Å². The molecule has 5 aliphatic rings. The Balaban J connectivity index is 1.53. The van der Waals surface area contributed by atoms with E-state index in [1.165, 1.54) is 12.2 Å². The van der Waals surface area contributed by atoms with Gasteiger partial charge in [0.25, 0.3) is 0 Å². The van der Waals surface area contributed by atoms with E-state index < -0.39 is 70.9 Å². The van der Waals surface area contributed by atoms with Gasteiger partial charge in [0.1, 0.15) is 24.4 Å². The van der Waals surface area contributed by atoms with E-state index in [0.29, 0.717) is 19.4 Å². The number of hydrogen-bond donors (Lipinski definition) is 3. The highest BCUT2D eigenvalue weighted by Crippen LogP contribution is 2.72. The number of allylic oxidation sites excluding steroid dienone is 2. The molecule has 0 radical (unpaired) electrons. The highest BCUT2D eigenvalue weighted by atomic mass is 16.6. The highest BCUT2D eigenvalue weighted by Gasteiger charge is 2.83. The molecule has 10 heteroatoms. The fraction of sp³-hybridized carbons (Fsp3) is 0.724. The van der Waals surface area contributed by atoms with Crippen LogP contribution < -0.4 is 0 Å². The molecular weight excluding hydrogens is 508 g/mol. The van der Waals surface area contributed by atoms with Gasteiger partial charge in [0.2, 0.25) is 0 Å². The maximum Gasteiger partial charge on any atom is 0.335 e. The number of aliphatic hydroxyl groups is 3. The average Bonchev–Trinajstić information content (AvgIpc) is 3.67. The Kier molecular flexibility index (Phi) is 7.58. The van der Waals surface area contributed by atoms with E-state index in [2.05, 4.69) is 0 Å². The molecule has 2 saturated heterocycles. The predicted octanol–water partition coefficient (Wildman–Crippen LogP) is 1.36. The molecule has 2 bridgehead atoms. The van der Waals surface area contributed by atoms with Crippen LogP contribution in [0.2, 0.25) is 0 Å². The number of esters is 2. The molecule has 11 atom stereocenters. The number of carbonyl (C=O) groups excluding carboxylic acids is 2. The Bertz CT molecular complexity index is 1060. The molecule has 39 heavy (non-hydrogen) atoms. The summed E-state index contributed by atoms with van der Waals surface area (Å²) >= 11 is 0. The quantitative estimate of drug-likeness (QED) is 0.250. The van der Waals surface area contributed by atoms with Gasteiger partial charge in [-0.05, 0) is 38.2 Å². The molecule has 10 nitrogen and oxygen atoms in total. The number of cyclic esters (lactones) is 1. The first-order chi connectivity index (χ1) is 18.4. The number of epoxide rings is 1. The van der Waals surface area contributed by atoms with Crippen molar-refractivity contribution in [2.75, 3.05) is 19.8 Å². The number of aliphatic hydroxyl groups excluding tert-OH is 3. The third kappa shape index (κ3) is 4.59. The molecule has 2 aliphatic carbocycles. The lowest BCUT2D eigenvalue weighted by molar-refractivity contribution is -0.240. The van der Waals surface area contributed by atoms with Crippen molar-refractivity contribution in [1.29, 1.82) is 0 Å². The summed E-state index contributed by atoms with van der Waals surface area (Å²) in [5, 5.41) is 31.8. The Morgan fingerprint density at radius 1 is 1.13 bits per heavy atom. The molecule has 2 spiro atoms. The minimum absolute atomic E-state index is 0.150. The zero-order chi connectivity index (χ0) is 28.2. The van der Waals surface area contributed by atoms with Crippen molar-refractivity contribution in [1.82, 2.24) is 0 Å². The highest BCUT2D eigenvalue weighted by molar-refractivity contribution is 5.82. The summed E-state index contributed by atoms with van der Waals surface area (Å²) in [6.07, 6.45) is 3.82. The predicted molar refractivity (Wildman–Crippen MR) is 137 cm³/mol. The lowest BCUT2D eigenvalue weighted by Gasteiger charge is -2.58. The third-order valence-corrected chi connectivity index (χ3v) is 9.83. The van der Waals surface area contributed by atoms with Crippen molar-refractivity contribution >= 4 is 11.9 Å². The van der Waals surface area contributed by atoms with Gasteiger partial charge in [-0.25, -0.2) is 9.59 Å². The topological polar surface area (TPSA) is 144 Å². The molecule has 0 aromatic rings. The smallest absolute Gasteiger partial charge is 0.335 e. The van der Waals surface area contributed by atoms with Crippen molar-refractivity contribution in [2.45, 2.75) is 95.3 Å². The van der Waals surface area contributed by atoms with Crippen LogP contribution in [0.15, 0.2) is 36.0 Å². The van der Waals surface area contributed by atoms with Crippen LogP contribution in [0.4, 0.5) is 0 Å². The minimum Gasteiger partial charge on any atom is -0.463 e. The van der Waals surface area contributed by atoms with E-state index in [-0.39, 0.29) is 25.7 Å². The monoisotopic (exact) mass is 548 g/mol. The molecule has 0 aromatic carbocycles. The van der Waals surface area contributed by atoms with Crippen LogP contribution in [-0.2, 0) is 33.3 Å². The van der Waals surface area contributed by atoms with Crippen LogP contribution in [0.5, 0.6) is 0 Å². The number of carbonyl (C=O) groups is 2. The molecule has 0 amide bonds. The van der Waals surface area contributed by atoms with Gasteiger partial charge in [0.15, 0.2) is 6.10 Å². The number of ether oxygens (including phenoxy) is 5. The van der Waals surface area contributed by atoms with E-state index in [1.807, 2.05) is 19.9 Å². The molecule has 0 aromatic heterocycles. The first kappa shape index (κ1) is 28.4. The van der Waals surface area contributed by atoms with E-state index in [9.17, 15) is 24.9 Å². The molecule has 1 saturated carbocycles. The van der Waals surface area contributed by atoms with E-state index in [4.69, 9.17) is 23.7 Å². The Hall–Kier alpha value is -2.08. The van der Waals surface area contributed by atoms with Gasteiger partial charge in [-0.3, -0.25) is 0 Å². The van der Waals surface area contributed by atoms with Crippen LogP contribution in [0.1, 0.15) is 47.0 Å². The zero-order valence-corrected chi connectivity index (χ0v) is 22.9. The average molecular weight is 549 g/mol. The summed E-state index contributed by atoms with van der Waals surface area (Å²) in [7, 11) is 0. The summed E-state index contributed by atoms with van der Waals surface area (Å²) in [5.74, 6) is -1.81. The summed E-state index contributed by atoms with van der Waals surface area (Å²) < 4.78 is 30.2. The summed E-state index contributed by atoms with van der Waals surface area (Å²) in [6, 6.07) is 0. The standard InChI is InChI=1S/C29H40O10/c1-16-9-10-35-20(18(3)30)7-5-6-8-24(32)39-21-12-23-29(15-37-29)27(21,4)28(14-36-26(34)25(16)33)13-19(31)17(2)11-22(28)38-23/h5-8,11,16,18-23,25,30-31,33H,9-10,12-15H2,1-4H3/b7-5+,8-6-/t16-,18-,19-,20-,21-,22-,23-,25-,27-,28-,29+/m1/s1. The van der Waals surface area contributed by atoms with Gasteiger partial charge < -0.3 is 39.0 Å². The third-order valence-electron chi connectivity index (χ3n) is 9.83. The van der Waals surface area contributed by atoms with E-state index in [1.54, 1.807) is 26.0 Å². The van der Waals surface area contributed by atoms with Crippen LogP contribution in [0.3, 0.4) is 0 Å². The van der Waals surface area contributed by atoms with Gasteiger partial charge >= 0.3 is 11.9 Å². The lowest BCUT2D eigenvalue weighted by Crippen LogP contribution is -2.68. The Morgan fingerprint density at radius 2 is 1.87 bits per heavy atom. The second-order valence-corrected chi connectivity index (χ2v) is 12.0.